The maximum Gasteiger partial charge on any atom is 0.416 e. The Morgan fingerprint density at radius 1 is 1.02 bits per heavy atom. The number of hydrogen-bond donors (Lipinski definition) is 3. The monoisotopic (exact) mass is 754 g/mol. The van der Waals surface area contributed by atoms with Gasteiger partial charge < -0.3 is 34.4 Å². The minimum atomic E-state index is -4.82. The Hall–Kier alpha value is -6.06. The second kappa shape index (κ2) is 17.4. The number of aliphatic carboxylic acids is 2. The molecule has 0 fully saturated rings. The van der Waals surface area contributed by atoms with Crippen molar-refractivity contribution in [3.63, 3.8) is 0 Å². The fraction of sp³-hybridized carbons (Fsp3) is 0.286. The zero-order valence-electron chi connectivity index (χ0n) is 28.1. The van der Waals surface area contributed by atoms with Crippen LogP contribution in [0.4, 0.5) is 18.9 Å². The Kier molecular flexibility index (Phi) is 13.1. The fourth-order valence-electron chi connectivity index (χ4n) is 5.21. The first-order chi connectivity index (χ1) is 25.1. The van der Waals surface area contributed by atoms with E-state index in [-0.39, 0.29) is 23.1 Å². The van der Waals surface area contributed by atoms with E-state index in [9.17, 15) is 37.8 Å². The lowest BCUT2D eigenvalue weighted by Gasteiger charge is -2.33. The van der Waals surface area contributed by atoms with Gasteiger partial charge in [-0.1, -0.05) is 30.3 Å². The molecule has 2 heterocycles. The maximum absolute atomic E-state index is 14.0. The van der Waals surface area contributed by atoms with Gasteiger partial charge in [-0.05, 0) is 60.5 Å². The highest BCUT2D eigenvalue weighted by Crippen LogP contribution is 2.33. The number of carboxylic acid groups (broad SMARTS) is 2. The number of alkyl halides is 3. The third-order valence-corrected chi connectivity index (χ3v) is 8.29. The Morgan fingerprint density at radius 2 is 1.74 bits per heavy atom. The first-order valence-electron chi connectivity index (χ1n) is 15.7. The number of hydroxylamine groups is 2. The van der Waals surface area contributed by atoms with E-state index in [2.05, 4.69) is 16.0 Å². The Bertz CT molecular complexity index is 1970. The van der Waals surface area contributed by atoms with Crippen LogP contribution in [0.1, 0.15) is 47.2 Å². The minimum Gasteiger partial charge on any atom is -0.481 e. The number of nitrogens with zero attached hydrogens (tertiary/aromatic N) is 6. The molecule has 2 aromatic carbocycles. The van der Waals surface area contributed by atoms with Crippen LogP contribution in [0.5, 0.6) is 5.88 Å². The summed E-state index contributed by atoms with van der Waals surface area (Å²) >= 11 is 5.72. The van der Waals surface area contributed by atoms with Crippen molar-refractivity contribution in [1.82, 2.24) is 19.6 Å². The quantitative estimate of drug-likeness (QED) is 0.113. The van der Waals surface area contributed by atoms with E-state index >= 15 is 0 Å². The first kappa shape index (κ1) is 39.7. The smallest absolute Gasteiger partial charge is 0.416 e. The molecule has 3 N–H and O–H groups in total. The second-order valence-electron chi connectivity index (χ2n) is 11.7. The number of thiocarbonyl (C=S) groups is 1. The fourth-order valence-corrected chi connectivity index (χ4v) is 5.51. The summed E-state index contributed by atoms with van der Waals surface area (Å²) in [7, 11) is 1.40. The molecule has 14 nitrogen and oxygen atoms in total. The molecular weight excluding hydrogens is 721 g/mol. The number of imidazole rings is 1. The number of aromatic nitrogens is 3. The summed E-state index contributed by atoms with van der Waals surface area (Å²) in [6, 6.07) is 16.6. The topological polar surface area (TPSA) is 191 Å². The highest BCUT2D eigenvalue weighted by atomic mass is 32.1. The predicted molar refractivity (Wildman–Crippen MR) is 184 cm³/mol. The average molecular weight is 755 g/mol. The number of methoxy groups -OCH3 is 1. The molecule has 0 amide bonds. The summed E-state index contributed by atoms with van der Waals surface area (Å²) < 4.78 is 49.1. The standard InChI is InChI=1S/C35H33F3N6O8S/c1-51-29-13-12-27(19-41-29)43(14-4-6-26-18-40-22-42(26)20-24-10-8-23(17-39)9-11-24)33(53)44(21-25-5-2-3-7-28(25)35(36,37)38)52-31(47)16-34(50,32(48)49)15-30(45)46/h2-3,5,7-13,18-19,22,50H,4,6,14-16,20-21H2,1H3,(H,45,46)(H,48,49). The molecule has 1 unspecified atom stereocenters. The lowest BCUT2D eigenvalue weighted by atomic mass is 9.96. The average Bonchev–Trinajstić information content (AvgIpc) is 3.55. The van der Waals surface area contributed by atoms with Gasteiger partial charge in [-0.15, -0.1) is 0 Å². The van der Waals surface area contributed by atoms with Crippen LogP contribution in [0.2, 0.25) is 0 Å². The van der Waals surface area contributed by atoms with Crippen molar-refractivity contribution >= 4 is 40.9 Å². The molecule has 0 saturated carbocycles. The number of nitriles is 1. The van der Waals surface area contributed by atoms with Gasteiger partial charge in [0.25, 0.3) is 0 Å². The zero-order chi connectivity index (χ0) is 38.8. The van der Waals surface area contributed by atoms with Crippen molar-refractivity contribution in [3.05, 3.63) is 107 Å². The summed E-state index contributed by atoms with van der Waals surface area (Å²) in [4.78, 5) is 51.4. The number of carbonyl (C=O) groups excluding carboxylic acids is 1. The number of anilines is 1. The van der Waals surface area contributed by atoms with E-state index in [0.29, 0.717) is 35.7 Å². The van der Waals surface area contributed by atoms with Crippen LogP contribution in [-0.4, -0.2) is 77.2 Å². The molecule has 18 heteroatoms. The summed E-state index contributed by atoms with van der Waals surface area (Å²) in [5, 5.41) is 38.5. The molecule has 1 atom stereocenters. The molecule has 0 spiro atoms. The SMILES string of the molecule is COc1ccc(N(CCCc2cncn2Cc2ccc(C#N)cc2)C(=S)N(Cc2ccccc2C(F)(F)F)OC(=O)CC(O)(CC(=O)O)C(=O)O)cn1. The van der Waals surface area contributed by atoms with E-state index in [1.165, 1.54) is 36.4 Å². The van der Waals surface area contributed by atoms with Gasteiger partial charge in [-0.25, -0.2) is 19.6 Å². The van der Waals surface area contributed by atoms with Gasteiger partial charge in [0.2, 0.25) is 11.0 Å². The van der Waals surface area contributed by atoms with Crippen LogP contribution in [0, 0.1) is 11.3 Å². The highest BCUT2D eigenvalue weighted by molar-refractivity contribution is 7.80. The normalized spacial score (nSPS) is 12.2. The van der Waals surface area contributed by atoms with Crippen LogP contribution in [0.15, 0.2) is 79.4 Å². The van der Waals surface area contributed by atoms with Gasteiger partial charge in [-0.3, -0.25) is 4.79 Å². The molecule has 53 heavy (non-hydrogen) atoms. The van der Waals surface area contributed by atoms with Crippen molar-refractivity contribution in [3.8, 4) is 11.9 Å². The predicted octanol–water partition coefficient (Wildman–Crippen LogP) is 4.59. The van der Waals surface area contributed by atoms with Crippen molar-refractivity contribution in [2.75, 3.05) is 18.6 Å². The van der Waals surface area contributed by atoms with E-state index < -0.39 is 54.6 Å². The van der Waals surface area contributed by atoms with Gasteiger partial charge in [0.15, 0.2) is 5.60 Å². The lowest BCUT2D eigenvalue weighted by Crippen LogP contribution is -2.47. The number of aliphatic hydroxyl groups is 1. The van der Waals surface area contributed by atoms with Gasteiger partial charge in [-0.2, -0.15) is 23.5 Å². The molecule has 0 radical (unpaired) electrons. The van der Waals surface area contributed by atoms with Gasteiger partial charge >= 0.3 is 24.1 Å². The number of carbonyl (C=O) groups is 3. The largest absolute Gasteiger partial charge is 0.481 e. The Labute approximate surface area is 306 Å². The van der Waals surface area contributed by atoms with Crippen molar-refractivity contribution < 1.29 is 52.4 Å². The zero-order valence-corrected chi connectivity index (χ0v) is 28.9. The molecule has 278 valence electrons. The summed E-state index contributed by atoms with van der Waals surface area (Å²) in [5.74, 6) is -5.01. The number of ether oxygens (including phenoxy) is 1. The molecule has 0 aliphatic carbocycles. The van der Waals surface area contributed by atoms with Gasteiger partial charge in [0, 0.05) is 31.0 Å². The highest BCUT2D eigenvalue weighted by Gasteiger charge is 2.42. The summed E-state index contributed by atoms with van der Waals surface area (Å²) in [5.41, 5.74) is -1.95. The lowest BCUT2D eigenvalue weighted by molar-refractivity contribution is -0.187. The molecule has 0 saturated heterocycles. The van der Waals surface area contributed by atoms with Crippen molar-refractivity contribution in [1.29, 1.82) is 5.26 Å². The van der Waals surface area contributed by atoms with E-state index in [1.807, 2.05) is 16.7 Å². The second-order valence-corrected chi connectivity index (χ2v) is 12.0. The Morgan fingerprint density at radius 3 is 2.34 bits per heavy atom. The van der Waals surface area contributed by atoms with E-state index in [1.54, 1.807) is 30.7 Å². The van der Waals surface area contributed by atoms with Crippen LogP contribution in [-0.2, 0) is 44.9 Å². The van der Waals surface area contributed by atoms with Crippen molar-refractivity contribution in [2.45, 2.75) is 50.6 Å². The number of aryl methyl sites for hydroxylation is 1. The molecule has 4 aromatic rings. The molecule has 2 aromatic heterocycles. The molecular formula is C35H33F3N6O8S. The van der Waals surface area contributed by atoms with Gasteiger partial charge in [0.1, 0.15) is 0 Å². The molecule has 0 aliphatic heterocycles. The van der Waals surface area contributed by atoms with Gasteiger partial charge in [0.05, 0.1) is 61.9 Å². The van der Waals surface area contributed by atoms with Crippen LogP contribution in [0.25, 0.3) is 0 Å². The first-order valence-corrected chi connectivity index (χ1v) is 16.1. The van der Waals surface area contributed by atoms with Crippen LogP contribution in [0.3, 0.4) is 0 Å². The summed E-state index contributed by atoms with van der Waals surface area (Å²) in [6.45, 7) is -0.234. The van der Waals surface area contributed by atoms with Crippen LogP contribution >= 0.6 is 12.2 Å². The van der Waals surface area contributed by atoms with Crippen molar-refractivity contribution in [2.24, 2.45) is 0 Å². The molecule has 0 bridgehead atoms. The number of benzene rings is 2. The molecule has 0 aliphatic rings. The number of hydrogen-bond acceptors (Lipinski definition) is 10. The summed E-state index contributed by atoms with van der Waals surface area (Å²) in [6.07, 6.45) is -2.08. The van der Waals surface area contributed by atoms with E-state index in [0.717, 1.165) is 23.4 Å². The minimum absolute atomic E-state index is 0.0853. The maximum atomic E-state index is 14.0. The van der Waals surface area contributed by atoms with E-state index in [4.69, 9.17) is 32.2 Å². The number of pyridine rings is 1. The van der Waals surface area contributed by atoms with Crippen LogP contribution < -0.4 is 9.64 Å². The third kappa shape index (κ3) is 10.7. The number of halogens is 3. The number of rotatable bonds is 15. The Balaban J connectivity index is 1.65. The molecule has 4 rings (SSSR count). The number of carboxylic acids is 2. The third-order valence-electron chi connectivity index (χ3n) is 7.86.